The number of ether oxygens (including phenoxy) is 1. The third-order valence-electron chi connectivity index (χ3n) is 3.97. The highest BCUT2D eigenvalue weighted by molar-refractivity contribution is 5.81. The van der Waals surface area contributed by atoms with Gasteiger partial charge < -0.3 is 4.74 Å². The zero-order chi connectivity index (χ0) is 17.2. The van der Waals surface area contributed by atoms with Gasteiger partial charge in [0.05, 0.1) is 11.2 Å². The first kappa shape index (κ1) is 15.1. The quantitative estimate of drug-likeness (QED) is 0.408. The molecule has 0 amide bonds. The lowest BCUT2D eigenvalue weighted by molar-refractivity contribution is -0.131. The number of fused-ring (bicyclic) bond motifs is 1. The zero-order valence-electron chi connectivity index (χ0n) is 13.7. The summed E-state index contributed by atoms with van der Waals surface area (Å²) >= 11 is 0. The number of carbonyl (C=O) groups excluding carboxylic acids is 1. The molecule has 0 fully saturated rings. The summed E-state index contributed by atoms with van der Waals surface area (Å²) in [6.45, 7) is 1.39. The van der Waals surface area contributed by atoms with Gasteiger partial charge in [0.2, 0.25) is 0 Å². The van der Waals surface area contributed by atoms with Gasteiger partial charge in [0.1, 0.15) is 11.6 Å². The van der Waals surface area contributed by atoms with Crippen molar-refractivity contribution in [2.24, 2.45) is 0 Å². The van der Waals surface area contributed by atoms with E-state index in [-0.39, 0.29) is 5.97 Å². The van der Waals surface area contributed by atoms with E-state index < -0.39 is 0 Å². The number of hydrogen-bond donors (Lipinski definition) is 0. The van der Waals surface area contributed by atoms with Crippen LogP contribution in [0.25, 0.3) is 28.2 Å². The molecule has 0 aliphatic carbocycles. The van der Waals surface area contributed by atoms with Crippen LogP contribution in [0.15, 0.2) is 79.0 Å². The largest absolute Gasteiger partial charge is 0.427 e. The summed E-state index contributed by atoms with van der Waals surface area (Å²) in [7, 11) is 0. The number of benzene rings is 2. The fraction of sp³-hybridized carbons (Fsp3) is 0.0476. The summed E-state index contributed by atoms with van der Waals surface area (Å²) < 4.78 is 7.17. The van der Waals surface area contributed by atoms with Crippen LogP contribution in [0.3, 0.4) is 0 Å². The molecule has 0 unspecified atom stereocenters. The van der Waals surface area contributed by atoms with Crippen LogP contribution in [-0.4, -0.2) is 15.4 Å². The van der Waals surface area contributed by atoms with Crippen LogP contribution in [0.4, 0.5) is 0 Å². The highest BCUT2D eigenvalue weighted by Gasteiger charge is 2.13. The average Bonchev–Trinajstić information content (AvgIpc) is 3.02. The third kappa shape index (κ3) is 2.90. The number of carbonyl (C=O) groups is 1. The lowest BCUT2D eigenvalue weighted by Gasteiger charge is -2.03. The molecule has 0 radical (unpaired) electrons. The van der Waals surface area contributed by atoms with E-state index in [0.717, 1.165) is 28.2 Å². The average molecular weight is 328 g/mol. The first-order valence-electron chi connectivity index (χ1n) is 8.04. The molecule has 0 saturated carbocycles. The normalized spacial score (nSPS) is 10.8. The van der Waals surface area contributed by atoms with Crippen LogP contribution in [0.1, 0.15) is 6.92 Å². The molecule has 0 spiro atoms. The van der Waals surface area contributed by atoms with Gasteiger partial charge in [-0.15, -0.1) is 0 Å². The Hall–Kier alpha value is -3.40. The van der Waals surface area contributed by atoms with Crippen molar-refractivity contribution in [3.63, 3.8) is 0 Å². The molecule has 25 heavy (non-hydrogen) atoms. The minimum atomic E-state index is -0.328. The summed E-state index contributed by atoms with van der Waals surface area (Å²) in [6.07, 6.45) is 2.00. The molecule has 4 heteroatoms. The summed E-state index contributed by atoms with van der Waals surface area (Å²) in [6, 6.07) is 23.6. The van der Waals surface area contributed by atoms with Gasteiger partial charge in [-0.3, -0.25) is 9.20 Å². The molecule has 4 aromatic rings. The van der Waals surface area contributed by atoms with Crippen molar-refractivity contribution < 1.29 is 9.53 Å². The van der Waals surface area contributed by atoms with Crippen molar-refractivity contribution >= 4 is 11.5 Å². The standard InChI is InChI=1S/C21H16N2O2/c1-15(24)25-18-12-10-17(11-13-18)21-22-20(16-7-3-2-4-8-16)19-9-5-6-14-23(19)21/h2-14H,1H3. The molecule has 2 aromatic carbocycles. The Morgan fingerprint density at radius 3 is 2.32 bits per heavy atom. The van der Waals surface area contributed by atoms with Crippen LogP contribution in [0.5, 0.6) is 5.75 Å². The predicted octanol–water partition coefficient (Wildman–Crippen LogP) is 4.59. The van der Waals surface area contributed by atoms with Gasteiger partial charge in [-0.2, -0.15) is 0 Å². The Balaban J connectivity index is 1.84. The van der Waals surface area contributed by atoms with E-state index in [4.69, 9.17) is 9.72 Å². The van der Waals surface area contributed by atoms with Gasteiger partial charge in [0.25, 0.3) is 0 Å². The van der Waals surface area contributed by atoms with E-state index in [9.17, 15) is 4.79 Å². The third-order valence-corrected chi connectivity index (χ3v) is 3.97. The number of pyridine rings is 1. The first-order valence-corrected chi connectivity index (χ1v) is 8.04. The Kier molecular flexibility index (Phi) is 3.78. The molecule has 0 bridgehead atoms. The van der Waals surface area contributed by atoms with Gasteiger partial charge in [-0.05, 0) is 36.4 Å². The molecule has 0 saturated heterocycles. The van der Waals surface area contributed by atoms with E-state index in [1.807, 2.05) is 48.7 Å². The molecular formula is C21H16N2O2. The molecule has 2 aromatic heterocycles. The van der Waals surface area contributed by atoms with Gasteiger partial charge in [-0.25, -0.2) is 4.98 Å². The molecule has 122 valence electrons. The Labute approximate surface area is 145 Å². The summed E-state index contributed by atoms with van der Waals surface area (Å²) in [5.41, 5.74) is 4.03. The van der Waals surface area contributed by atoms with Gasteiger partial charge in [0.15, 0.2) is 0 Å². The van der Waals surface area contributed by atoms with E-state index in [1.165, 1.54) is 6.92 Å². The highest BCUT2D eigenvalue weighted by Crippen LogP contribution is 2.30. The number of imidazole rings is 1. The van der Waals surface area contributed by atoms with Gasteiger partial charge in [0, 0.05) is 24.2 Å². The topological polar surface area (TPSA) is 43.6 Å². The minimum absolute atomic E-state index is 0.328. The fourth-order valence-corrected chi connectivity index (χ4v) is 2.89. The first-order chi connectivity index (χ1) is 12.2. The minimum Gasteiger partial charge on any atom is -0.427 e. The van der Waals surface area contributed by atoms with Crippen LogP contribution < -0.4 is 4.74 Å². The molecule has 4 rings (SSSR count). The molecule has 4 nitrogen and oxygen atoms in total. The number of nitrogens with zero attached hydrogens (tertiary/aromatic N) is 2. The number of hydrogen-bond acceptors (Lipinski definition) is 3. The summed E-state index contributed by atoms with van der Waals surface area (Å²) in [4.78, 5) is 15.9. The van der Waals surface area contributed by atoms with Crippen molar-refractivity contribution in [2.45, 2.75) is 6.92 Å². The van der Waals surface area contributed by atoms with Crippen LogP contribution in [0, 0.1) is 0 Å². The lowest BCUT2D eigenvalue weighted by Crippen LogP contribution is -2.00. The van der Waals surface area contributed by atoms with E-state index >= 15 is 0 Å². The molecule has 0 aliphatic rings. The van der Waals surface area contributed by atoms with Crippen LogP contribution in [0.2, 0.25) is 0 Å². The maximum atomic E-state index is 11.1. The predicted molar refractivity (Wildman–Crippen MR) is 97.4 cm³/mol. The number of esters is 1. The highest BCUT2D eigenvalue weighted by atomic mass is 16.5. The summed E-state index contributed by atoms with van der Waals surface area (Å²) in [5.74, 6) is 1.05. The van der Waals surface area contributed by atoms with Crippen LogP contribution in [-0.2, 0) is 4.79 Å². The van der Waals surface area contributed by atoms with Crippen molar-refractivity contribution in [2.75, 3.05) is 0 Å². The van der Waals surface area contributed by atoms with E-state index in [1.54, 1.807) is 12.1 Å². The van der Waals surface area contributed by atoms with Crippen molar-refractivity contribution in [1.29, 1.82) is 0 Å². The molecule has 2 heterocycles. The second-order valence-corrected chi connectivity index (χ2v) is 5.72. The van der Waals surface area contributed by atoms with Gasteiger partial charge >= 0.3 is 5.97 Å². The zero-order valence-corrected chi connectivity index (χ0v) is 13.7. The monoisotopic (exact) mass is 328 g/mol. The maximum absolute atomic E-state index is 11.1. The lowest BCUT2D eigenvalue weighted by atomic mass is 10.1. The smallest absolute Gasteiger partial charge is 0.308 e. The Morgan fingerprint density at radius 1 is 0.880 bits per heavy atom. The summed E-state index contributed by atoms with van der Waals surface area (Å²) in [5, 5.41) is 0. The van der Waals surface area contributed by atoms with Crippen molar-refractivity contribution in [1.82, 2.24) is 9.38 Å². The Morgan fingerprint density at radius 2 is 1.60 bits per heavy atom. The second-order valence-electron chi connectivity index (χ2n) is 5.72. The van der Waals surface area contributed by atoms with Crippen molar-refractivity contribution in [3.05, 3.63) is 79.0 Å². The van der Waals surface area contributed by atoms with E-state index in [2.05, 4.69) is 22.6 Å². The molecule has 0 N–H and O–H groups in total. The SMILES string of the molecule is CC(=O)Oc1ccc(-c2nc(-c3ccccc3)c3ccccn23)cc1. The van der Waals surface area contributed by atoms with Crippen molar-refractivity contribution in [3.8, 4) is 28.4 Å². The van der Waals surface area contributed by atoms with Gasteiger partial charge in [-0.1, -0.05) is 36.4 Å². The molecule has 0 aliphatic heterocycles. The number of rotatable bonds is 3. The maximum Gasteiger partial charge on any atom is 0.308 e. The second kappa shape index (κ2) is 6.24. The Bertz CT molecular complexity index is 1030. The van der Waals surface area contributed by atoms with E-state index in [0.29, 0.717) is 5.75 Å². The molecule has 0 atom stereocenters. The number of aromatic nitrogens is 2. The van der Waals surface area contributed by atoms with Crippen LogP contribution >= 0.6 is 0 Å². The molecular weight excluding hydrogens is 312 g/mol. The fourth-order valence-electron chi connectivity index (χ4n) is 2.89.